The molecule has 0 amide bonds. The molecule has 0 spiro atoms. The summed E-state index contributed by atoms with van der Waals surface area (Å²) in [6.45, 7) is 0. The van der Waals surface area contributed by atoms with Crippen LogP contribution in [0.2, 0.25) is 0 Å². The minimum absolute atomic E-state index is 0. The van der Waals surface area contributed by atoms with Gasteiger partial charge in [-0.05, 0) is 24.3 Å². The Balaban J connectivity index is 0.00000216. The fourth-order valence-electron chi connectivity index (χ4n) is 3.39. The van der Waals surface area contributed by atoms with Gasteiger partial charge in [-0.25, -0.2) is 16.8 Å². The molecule has 0 aromatic heterocycles. The molecule has 0 saturated heterocycles. The van der Waals surface area contributed by atoms with Crippen molar-refractivity contribution >= 4 is 31.8 Å². The van der Waals surface area contributed by atoms with Crippen LogP contribution in [0, 0.1) is 0 Å². The second-order valence-corrected chi connectivity index (χ2v) is 9.49. The van der Waals surface area contributed by atoms with Crippen molar-refractivity contribution in [2.24, 2.45) is 0 Å². The molecule has 170 valence electrons. The maximum absolute atomic E-state index is 12.9. The molecule has 4 rings (SSSR count). The molecule has 0 saturated carbocycles. The summed E-state index contributed by atoms with van der Waals surface area (Å²) in [7, 11) is -10.4. The molecule has 2 N–H and O–H groups in total. The number of ether oxygens (including phenoxy) is 1. The van der Waals surface area contributed by atoms with Gasteiger partial charge in [0.25, 0.3) is 0 Å². The van der Waals surface area contributed by atoms with Crippen LogP contribution in [-0.2, 0) is 20.2 Å². The number of rotatable bonds is 4. The predicted molar refractivity (Wildman–Crippen MR) is 106 cm³/mol. The van der Waals surface area contributed by atoms with Crippen LogP contribution in [0.1, 0.15) is 31.8 Å². The van der Waals surface area contributed by atoms with Gasteiger partial charge in [-0.15, -0.1) is 0 Å². The third-order valence-corrected chi connectivity index (χ3v) is 6.54. The number of hydrogen-bond donors (Lipinski definition) is 2. The molecule has 3 aromatic rings. The quantitative estimate of drug-likeness (QED) is 0.137. The molecular formula is C20H10K2O11S2. The van der Waals surface area contributed by atoms with Crippen molar-refractivity contribution in [1.29, 1.82) is 0 Å². The van der Waals surface area contributed by atoms with E-state index in [0.29, 0.717) is 0 Å². The molecule has 0 bridgehead atoms. The first-order valence-corrected chi connectivity index (χ1v) is 11.6. The Hall–Kier alpha value is -0.507. The summed E-state index contributed by atoms with van der Waals surface area (Å²) < 4.78 is 74.1. The Morgan fingerprint density at radius 2 is 1.14 bits per heavy atom. The zero-order valence-electron chi connectivity index (χ0n) is 18.0. The number of carbonyl (C=O) groups is 2. The zero-order valence-corrected chi connectivity index (χ0v) is 25.9. The SMILES string of the molecule is O=C1c2ccccc2C(=O)c2c(O)c(S(=O)(=O)[O-])c(Oc3ccc(S(=O)(=O)[O-])cc3)c(O)c21.[K+].[K+]. The fraction of sp³-hybridized carbons (Fsp3) is 0. The maximum atomic E-state index is 12.9. The van der Waals surface area contributed by atoms with Crippen LogP contribution in [0.4, 0.5) is 0 Å². The largest absolute Gasteiger partial charge is 1.00 e. The van der Waals surface area contributed by atoms with Crippen molar-refractivity contribution in [2.45, 2.75) is 9.79 Å². The minimum atomic E-state index is -5.58. The summed E-state index contributed by atoms with van der Waals surface area (Å²) in [5, 5.41) is 21.3. The van der Waals surface area contributed by atoms with Crippen molar-refractivity contribution in [3.05, 3.63) is 70.8 Å². The number of phenols is 2. The van der Waals surface area contributed by atoms with E-state index in [4.69, 9.17) is 4.74 Å². The molecule has 35 heavy (non-hydrogen) atoms. The summed E-state index contributed by atoms with van der Waals surface area (Å²) in [4.78, 5) is 23.6. The van der Waals surface area contributed by atoms with Crippen LogP contribution < -0.4 is 108 Å². The van der Waals surface area contributed by atoms with E-state index in [1.807, 2.05) is 0 Å². The molecule has 0 atom stereocenters. The minimum Gasteiger partial charge on any atom is -0.744 e. The number of ketones is 2. The Morgan fingerprint density at radius 1 is 0.686 bits per heavy atom. The molecule has 0 unspecified atom stereocenters. The number of phenolic OH excluding ortho intramolecular Hbond substituents is 2. The van der Waals surface area contributed by atoms with Crippen molar-refractivity contribution in [1.82, 2.24) is 0 Å². The van der Waals surface area contributed by atoms with Gasteiger partial charge in [0.05, 0.1) is 16.0 Å². The normalized spacial score (nSPS) is 12.6. The standard InChI is InChI=1S/C20H12O11S2.2K/c21-15-11-3-1-2-4-12(11)16(22)14-13(15)17(23)19(20(18(14)24)33(28,29)30)31-9-5-7-10(8-6-9)32(25,26)27;;/h1-8,23-24H,(H,25,26,27)(H,28,29,30);;/q;2*+1/p-2. The number of aromatic hydroxyl groups is 2. The Bertz CT molecular complexity index is 1580. The molecule has 15 heteroatoms. The first-order valence-electron chi connectivity index (χ1n) is 8.82. The third kappa shape index (κ3) is 5.68. The van der Waals surface area contributed by atoms with Crippen molar-refractivity contribution in [2.75, 3.05) is 0 Å². The van der Waals surface area contributed by atoms with Gasteiger partial charge in [-0.1, -0.05) is 24.3 Å². The number of benzene rings is 3. The summed E-state index contributed by atoms with van der Waals surface area (Å²) in [5.41, 5.74) is -1.98. The van der Waals surface area contributed by atoms with E-state index in [2.05, 4.69) is 0 Å². The van der Waals surface area contributed by atoms with Crippen LogP contribution in [0.25, 0.3) is 0 Å². The van der Waals surface area contributed by atoms with Gasteiger partial charge in [0.1, 0.15) is 36.6 Å². The molecule has 11 nitrogen and oxygen atoms in total. The van der Waals surface area contributed by atoms with Gasteiger partial charge >= 0.3 is 103 Å². The van der Waals surface area contributed by atoms with Crippen LogP contribution in [-0.4, -0.2) is 47.7 Å². The third-order valence-electron chi connectivity index (χ3n) is 4.81. The second kappa shape index (κ2) is 11.1. The van der Waals surface area contributed by atoms with Gasteiger partial charge in [0.15, 0.2) is 23.1 Å². The molecule has 0 aliphatic heterocycles. The van der Waals surface area contributed by atoms with Gasteiger partial charge in [-0.3, -0.25) is 9.59 Å². The Morgan fingerprint density at radius 3 is 1.57 bits per heavy atom. The molecule has 1 aliphatic rings. The average molecular weight is 569 g/mol. The molecule has 3 aromatic carbocycles. The summed E-state index contributed by atoms with van der Waals surface area (Å²) in [6.07, 6.45) is 0. The smallest absolute Gasteiger partial charge is 0.744 e. The molecule has 1 aliphatic carbocycles. The van der Waals surface area contributed by atoms with Crippen LogP contribution in [0.5, 0.6) is 23.0 Å². The van der Waals surface area contributed by atoms with Crippen LogP contribution in [0.15, 0.2) is 58.3 Å². The first-order chi connectivity index (χ1) is 15.3. The molecule has 0 heterocycles. The van der Waals surface area contributed by atoms with Gasteiger partial charge in [0, 0.05) is 11.1 Å². The summed E-state index contributed by atoms with van der Waals surface area (Å²) in [6, 6.07) is 8.80. The average Bonchev–Trinajstić information content (AvgIpc) is 2.73. The topological polar surface area (TPSA) is 198 Å². The first kappa shape index (κ1) is 30.7. The van der Waals surface area contributed by atoms with Crippen LogP contribution >= 0.6 is 0 Å². The number of fused-ring (bicyclic) bond motifs is 2. The van der Waals surface area contributed by atoms with E-state index < -0.39 is 70.0 Å². The summed E-state index contributed by atoms with van der Waals surface area (Å²) >= 11 is 0. The summed E-state index contributed by atoms with van der Waals surface area (Å²) in [5.74, 6) is -6.06. The van der Waals surface area contributed by atoms with Crippen molar-refractivity contribution < 1.29 is 153 Å². The van der Waals surface area contributed by atoms with E-state index >= 15 is 0 Å². The molecule has 0 fully saturated rings. The number of hydrogen-bond acceptors (Lipinski definition) is 11. The van der Waals surface area contributed by atoms with Gasteiger partial charge in [0.2, 0.25) is 0 Å². The van der Waals surface area contributed by atoms with Gasteiger partial charge < -0.3 is 24.1 Å². The zero-order chi connectivity index (χ0) is 24.3. The Labute approximate surface area is 283 Å². The van der Waals surface area contributed by atoms with Crippen LogP contribution in [0.3, 0.4) is 0 Å². The second-order valence-electron chi connectivity index (χ2n) is 6.79. The number of carbonyl (C=O) groups excluding carboxylic acids is 2. The monoisotopic (exact) mass is 568 g/mol. The van der Waals surface area contributed by atoms with E-state index in [-0.39, 0.29) is 120 Å². The fourth-order valence-corrected chi connectivity index (χ4v) is 4.56. The maximum Gasteiger partial charge on any atom is 1.00 e. The van der Waals surface area contributed by atoms with Crippen molar-refractivity contribution in [3.8, 4) is 23.0 Å². The van der Waals surface area contributed by atoms with Crippen molar-refractivity contribution in [3.63, 3.8) is 0 Å². The van der Waals surface area contributed by atoms with Gasteiger partial charge in [-0.2, -0.15) is 0 Å². The Kier molecular flexibility index (Phi) is 9.72. The molecule has 0 radical (unpaired) electrons. The van der Waals surface area contributed by atoms with E-state index in [0.717, 1.165) is 24.3 Å². The molecular weight excluding hydrogens is 559 g/mol. The predicted octanol–water partition coefficient (Wildman–Crippen LogP) is -4.52. The van der Waals surface area contributed by atoms with E-state index in [1.165, 1.54) is 24.3 Å². The van der Waals surface area contributed by atoms with E-state index in [1.54, 1.807) is 0 Å². The van der Waals surface area contributed by atoms with E-state index in [9.17, 15) is 45.7 Å².